The first-order valence-electron chi connectivity index (χ1n) is 13.8. The summed E-state index contributed by atoms with van der Waals surface area (Å²) in [7, 11) is 0. The number of nitrogens with zero attached hydrogens (tertiary/aromatic N) is 5. The van der Waals surface area contributed by atoms with Gasteiger partial charge in [-0.25, -0.2) is 14.4 Å². The molecule has 1 aliphatic rings. The molecule has 0 radical (unpaired) electrons. The van der Waals surface area contributed by atoms with E-state index < -0.39 is 30.4 Å². The van der Waals surface area contributed by atoms with Crippen molar-refractivity contribution in [2.75, 3.05) is 58.9 Å². The molecule has 0 bridgehead atoms. The maximum Gasteiger partial charge on any atom is 0.407 e. The van der Waals surface area contributed by atoms with Crippen LogP contribution in [0.5, 0.6) is 0 Å². The van der Waals surface area contributed by atoms with Gasteiger partial charge in [-0.05, 0) is 18.1 Å². The number of carbonyl (C=O) groups is 3. The number of aliphatic hydroxyl groups excluding tert-OH is 1. The molecule has 0 saturated carbocycles. The van der Waals surface area contributed by atoms with Crippen molar-refractivity contribution >= 4 is 18.3 Å². The molecular weight excluding hydrogens is 530 g/mol. The zero-order valence-electron chi connectivity index (χ0n) is 23.5. The Morgan fingerprint density at radius 3 is 1.76 bits per heavy atom. The summed E-state index contributed by atoms with van der Waals surface area (Å²) < 4.78 is 0. The molecule has 0 aromatic heterocycles. The van der Waals surface area contributed by atoms with Crippen molar-refractivity contribution in [1.82, 2.24) is 24.5 Å². The fourth-order valence-corrected chi connectivity index (χ4v) is 5.06. The van der Waals surface area contributed by atoms with Gasteiger partial charge >= 0.3 is 18.3 Å². The van der Waals surface area contributed by atoms with E-state index >= 15 is 0 Å². The molecule has 2 atom stereocenters. The minimum atomic E-state index is -1.23. The highest BCUT2D eigenvalue weighted by Gasteiger charge is 2.27. The Morgan fingerprint density at radius 1 is 0.756 bits per heavy atom. The second kappa shape index (κ2) is 15.8. The monoisotopic (exact) mass is 571 g/mol. The Labute approximate surface area is 240 Å². The minimum Gasteiger partial charge on any atom is -0.465 e. The highest BCUT2D eigenvalue weighted by atomic mass is 16.4. The highest BCUT2D eigenvalue weighted by Crippen LogP contribution is 2.12. The quantitative estimate of drug-likeness (QED) is 0.375. The van der Waals surface area contributed by atoms with Crippen LogP contribution in [0.1, 0.15) is 18.1 Å². The zero-order chi connectivity index (χ0) is 29.8. The summed E-state index contributed by atoms with van der Waals surface area (Å²) in [5, 5.41) is 40.3. The first-order chi connectivity index (χ1) is 19.6. The predicted octanol–water partition coefficient (Wildman–Crippen LogP) is 2.69. The molecule has 1 heterocycles. The highest BCUT2D eigenvalue weighted by molar-refractivity contribution is 5.67. The van der Waals surface area contributed by atoms with Crippen LogP contribution in [0.25, 0.3) is 0 Å². The molecule has 224 valence electrons. The molecule has 1 aliphatic heterocycles. The van der Waals surface area contributed by atoms with Crippen molar-refractivity contribution in [2.45, 2.75) is 32.2 Å². The van der Waals surface area contributed by atoms with Gasteiger partial charge in [0, 0.05) is 78.0 Å². The Morgan fingerprint density at radius 2 is 1.24 bits per heavy atom. The van der Waals surface area contributed by atoms with Crippen LogP contribution in [0.3, 0.4) is 0 Å². The molecule has 2 unspecified atom stereocenters. The SMILES string of the molecule is CC1CN(C(=O)O)CCN(C(=O)O)CCN(CC(O)CN(Cc2ccccc2)Cc2ccccc2)CCN1C(=O)O. The molecule has 12 nitrogen and oxygen atoms in total. The van der Waals surface area contributed by atoms with Crippen LogP contribution < -0.4 is 0 Å². The van der Waals surface area contributed by atoms with Crippen LogP contribution in [-0.4, -0.2) is 134 Å². The molecule has 2 aromatic carbocycles. The minimum absolute atomic E-state index is 0.0419. The van der Waals surface area contributed by atoms with Gasteiger partial charge in [0.15, 0.2) is 0 Å². The maximum absolute atomic E-state index is 12.0. The van der Waals surface area contributed by atoms with Crippen molar-refractivity contribution in [3.8, 4) is 0 Å². The van der Waals surface area contributed by atoms with E-state index in [1.54, 1.807) is 6.92 Å². The molecular formula is C29H41N5O7. The van der Waals surface area contributed by atoms with Gasteiger partial charge in [-0.15, -0.1) is 0 Å². The number of β-amino-alcohol motifs (C(OH)–C–C–N with tert-alkyl or cyclic N) is 1. The lowest BCUT2D eigenvalue weighted by molar-refractivity contribution is 0.0516. The number of carboxylic acid groups (broad SMARTS) is 3. The van der Waals surface area contributed by atoms with Gasteiger partial charge in [-0.3, -0.25) is 9.80 Å². The molecule has 1 fully saturated rings. The molecule has 3 amide bonds. The van der Waals surface area contributed by atoms with Gasteiger partial charge < -0.3 is 35.1 Å². The first kappa shape index (κ1) is 31.7. The van der Waals surface area contributed by atoms with Crippen LogP contribution >= 0.6 is 0 Å². The number of hydrogen-bond acceptors (Lipinski definition) is 6. The van der Waals surface area contributed by atoms with E-state index in [1.165, 1.54) is 4.90 Å². The van der Waals surface area contributed by atoms with Gasteiger partial charge in [-0.1, -0.05) is 60.7 Å². The normalized spacial score (nSPS) is 18.4. The van der Waals surface area contributed by atoms with E-state index in [0.29, 0.717) is 19.6 Å². The van der Waals surface area contributed by atoms with E-state index in [9.17, 15) is 34.8 Å². The Hall–Kier alpha value is -3.87. The summed E-state index contributed by atoms with van der Waals surface area (Å²) >= 11 is 0. The third-order valence-corrected chi connectivity index (χ3v) is 7.22. The smallest absolute Gasteiger partial charge is 0.407 e. The van der Waals surface area contributed by atoms with Gasteiger partial charge in [0.1, 0.15) is 0 Å². The van der Waals surface area contributed by atoms with Gasteiger partial charge in [0.05, 0.1) is 6.10 Å². The average molecular weight is 572 g/mol. The van der Waals surface area contributed by atoms with E-state index in [4.69, 9.17) is 0 Å². The summed E-state index contributed by atoms with van der Waals surface area (Å²) in [5.41, 5.74) is 2.22. The fraction of sp³-hybridized carbons (Fsp3) is 0.483. The molecule has 41 heavy (non-hydrogen) atoms. The van der Waals surface area contributed by atoms with E-state index in [1.807, 2.05) is 65.6 Å². The molecule has 0 spiro atoms. The summed E-state index contributed by atoms with van der Waals surface area (Å²) in [6, 6.07) is 19.3. The number of amides is 3. The van der Waals surface area contributed by atoms with Gasteiger partial charge in [0.25, 0.3) is 0 Å². The third-order valence-electron chi connectivity index (χ3n) is 7.22. The second-order valence-corrected chi connectivity index (χ2v) is 10.4. The molecule has 2 aromatic rings. The number of aliphatic hydroxyl groups is 1. The van der Waals surface area contributed by atoms with Crippen LogP contribution in [0.2, 0.25) is 0 Å². The fourth-order valence-electron chi connectivity index (χ4n) is 5.06. The standard InChI is InChI=1S/C29H41N5O7/c1-23-18-33(28(38)39)16-15-32(27(36)37)14-12-30(13-17-34(23)29(40)41)21-26(35)22-31(19-24-8-4-2-5-9-24)20-25-10-6-3-7-11-25/h2-11,23,26,35H,12-22H2,1H3,(H,36,37)(H,38,39)(H,40,41). The molecule has 0 aliphatic carbocycles. The molecule has 4 N–H and O–H groups in total. The number of benzene rings is 2. The Kier molecular flexibility index (Phi) is 12.2. The van der Waals surface area contributed by atoms with Gasteiger partial charge in [-0.2, -0.15) is 0 Å². The molecule has 1 saturated heterocycles. The Bertz CT molecular complexity index is 1070. The largest absolute Gasteiger partial charge is 0.465 e. The van der Waals surface area contributed by atoms with Crippen molar-refractivity contribution < 1.29 is 34.8 Å². The topological polar surface area (TPSA) is 148 Å². The Balaban J connectivity index is 1.73. The average Bonchev–Trinajstić information content (AvgIpc) is 2.92. The summed E-state index contributed by atoms with van der Waals surface area (Å²) in [6.45, 7) is 3.97. The lowest BCUT2D eigenvalue weighted by atomic mass is 10.1. The lowest BCUT2D eigenvalue weighted by Gasteiger charge is -2.36. The number of hydrogen-bond donors (Lipinski definition) is 4. The van der Waals surface area contributed by atoms with Crippen LogP contribution in [0.15, 0.2) is 60.7 Å². The van der Waals surface area contributed by atoms with E-state index in [2.05, 4.69) is 4.90 Å². The van der Waals surface area contributed by atoms with Crippen molar-refractivity contribution in [3.63, 3.8) is 0 Å². The number of rotatable bonds is 8. The van der Waals surface area contributed by atoms with Crippen LogP contribution in [-0.2, 0) is 13.1 Å². The van der Waals surface area contributed by atoms with E-state index in [-0.39, 0.29) is 52.4 Å². The zero-order valence-corrected chi connectivity index (χ0v) is 23.5. The van der Waals surface area contributed by atoms with Crippen LogP contribution in [0.4, 0.5) is 14.4 Å². The van der Waals surface area contributed by atoms with Crippen molar-refractivity contribution in [1.29, 1.82) is 0 Å². The summed E-state index contributed by atoms with van der Waals surface area (Å²) in [5.74, 6) is 0. The second-order valence-electron chi connectivity index (χ2n) is 10.4. The lowest BCUT2D eigenvalue weighted by Crippen LogP contribution is -2.53. The first-order valence-corrected chi connectivity index (χ1v) is 13.8. The predicted molar refractivity (Wildman–Crippen MR) is 153 cm³/mol. The van der Waals surface area contributed by atoms with Crippen LogP contribution in [0, 0.1) is 0 Å². The molecule has 3 rings (SSSR count). The molecule has 12 heteroatoms. The maximum atomic E-state index is 12.0. The van der Waals surface area contributed by atoms with Crippen molar-refractivity contribution in [2.24, 2.45) is 0 Å². The summed E-state index contributed by atoms with van der Waals surface area (Å²) in [4.78, 5) is 43.1. The van der Waals surface area contributed by atoms with E-state index in [0.717, 1.165) is 20.9 Å². The van der Waals surface area contributed by atoms with Crippen molar-refractivity contribution in [3.05, 3.63) is 71.8 Å². The summed E-state index contributed by atoms with van der Waals surface area (Å²) in [6.07, 6.45) is -4.34. The third kappa shape index (κ3) is 10.6. The van der Waals surface area contributed by atoms with Gasteiger partial charge in [0.2, 0.25) is 0 Å².